The van der Waals surface area contributed by atoms with Crippen LogP contribution >= 0.6 is 23.1 Å². The first kappa shape index (κ1) is 22.1. The number of methoxy groups -OCH3 is 3. The van der Waals surface area contributed by atoms with Gasteiger partial charge in [0.2, 0.25) is 5.75 Å². The molecule has 0 saturated heterocycles. The van der Waals surface area contributed by atoms with Crippen molar-refractivity contribution in [3.63, 3.8) is 0 Å². The molecule has 0 saturated carbocycles. The highest BCUT2D eigenvalue weighted by Gasteiger charge is 2.21. The summed E-state index contributed by atoms with van der Waals surface area (Å²) >= 11 is 3.37. The number of benzene rings is 2. The Bertz CT molecular complexity index is 1190. The van der Waals surface area contributed by atoms with Gasteiger partial charge in [-0.25, -0.2) is 0 Å². The Labute approximate surface area is 194 Å². The highest BCUT2D eigenvalue weighted by molar-refractivity contribution is 8.00. The summed E-state index contributed by atoms with van der Waals surface area (Å²) in [6.45, 7) is 0.282. The zero-order chi connectivity index (χ0) is 22.5. The molecule has 6 nitrogen and oxygen atoms in total. The van der Waals surface area contributed by atoms with Crippen LogP contribution in [0, 0.1) is 0 Å². The molecule has 0 aliphatic heterocycles. The van der Waals surface area contributed by atoms with Crippen LogP contribution in [0.4, 0.5) is 0 Å². The predicted octanol–water partition coefficient (Wildman–Crippen LogP) is 5.74. The van der Waals surface area contributed by atoms with E-state index < -0.39 is 0 Å². The number of hydrogen-bond acceptors (Lipinski definition) is 7. The van der Waals surface area contributed by atoms with Crippen molar-refractivity contribution in [3.8, 4) is 17.2 Å². The fourth-order valence-electron chi connectivity index (χ4n) is 3.41. The average molecular weight is 470 g/mol. The lowest BCUT2D eigenvalue weighted by atomic mass is 10.1. The number of hydrogen-bond donors (Lipinski definition) is 1. The molecule has 32 heavy (non-hydrogen) atoms. The lowest BCUT2D eigenvalue weighted by Gasteiger charge is -2.14. The molecular weight excluding hydrogens is 446 g/mol. The quantitative estimate of drug-likeness (QED) is 0.315. The molecule has 0 radical (unpaired) electrons. The van der Waals surface area contributed by atoms with E-state index in [0.29, 0.717) is 34.3 Å². The molecule has 2 heterocycles. The van der Waals surface area contributed by atoms with Crippen LogP contribution in [-0.4, -0.2) is 27.2 Å². The molecule has 0 aliphatic carbocycles. The third kappa shape index (κ3) is 4.56. The molecule has 4 aromatic rings. The Morgan fingerprint density at radius 1 is 1.03 bits per heavy atom. The Morgan fingerprint density at radius 3 is 2.44 bits per heavy atom. The van der Waals surface area contributed by atoms with Crippen LogP contribution in [0.2, 0.25) is 0 Å². The number of ether oxygens (including phenoxy) is 3. The maximum Gasteiger partial charge on any atom is 0.287 e. The van der Waals surface area contributed by atoms with E-state index in [2.05, 4.69) is 11.4 Å². The highest BCUT2D eigenvalue weighted by atomic mass is 32.2. The zero-order valence-electron chi connectivity index (χ0n) is 18.0. The van der Waals surface area contributed by atoms with Gasteiger partial charge in [-0.05, 0) is 35.2 Å². The van der Waals surface area contributed by atoms with Crippen LogP contribution in [0.1, 0.15) is 21.7 Å². The van der Waals surface area contributed by atoms with Crippen molar-refractivity contribution >= 4 is 40.0 Å². The van der Waals surface area contributed by atoms with Gasteiger partial charge in [-0.1, -0.05) is 24.3 Å². The molecule has 0 atom stereocenters. The minimum Gasteiger partial charge on any atom is -0.493 e. The average Bonchev–Trinajstić information content (AvgIpc) is 3.48. The van der Waals surface area contributed by atoms with Gasteiger partial charge < -0.3 is 23.9 Å². The van der Waals surface area contributed by atoms with Crippen LogP contribution in [0.25, 0.3) is 11.0 Å². The first-order valence-electron chi connectivity index (χ1n) is 9.88. The first-order valence-corrected chi connectivity index (χ1v) is 11.7. The van der Waals surface area contributed by atoms with Crippen molar-refractivity contribution in [3.05, 3.63) is 70.8 Å². The van der Waals surface area contributed by atoms with Crippen molar-refractivity contribution in [1.29, 1.82) is 0 Å². The van der Waals surface area contributed by atoms with Crippen molar-refractivity contribution < 1.29 is 23.4 Å². The molecule has 4 rings (SSSR count). The number of fused-ring (bicyclic) bond motifs is 1. The van der Waals surface area contributed by atoms with E-state index in [1.54, 1.807) is 44.4 Å². The van der Waals surface area contributed by atoms with Crippen molar-refractivity contribution in [2.24, 2.45) is 0 Å². The van der Waals surface area contributed by atoms with Gasteiger partial charge in [-0.2, -0.15) is 0 Å². The number of carbonyl (C=O) groups is 1. The van der Waals surface area contributed by atoms with E-state index in [0.717, 1.165) is 16.5 Å². The molecule has 8 heteroatoms. The Balaban J connectivity index is 1.57. The number of amides is 1. The van der Waals surface area contributed by atoms with Crippen molar-refractivity contribution in [2.45, 2.75) is 16.5 Å². The topological polar surface area (TPSA) is 69.9 Å². The smallest absolute Gasteiger partial charge is 0.287 e. The normalized spacial score (nSPS) is 10.8. The maximum atomic E-state index is 13.1. The number of nitrogens with one attached hydrogen (secondary N) is 1. The first-order chi connectivity index (χ1) is 15.6. The maximum absolute atomic E-state index is 13.1. The monoisotopic (exact) mass is 469 g/mol. The van der Waals surface area contributed by atoms with Gasteiger partial charge in [0.05, 0.1) is 25.5 Å². The SMILES string of the molecule is COc1cc(CNC(=O)c2oc3ccccc3c2CSc2cccs2)cc(OC)c1OC. The van der Waals surface area contributed by atoms with Gasteiger partial charge in [0.1, 0.15) is 5.58 Å². The Hall–Kier alpha value is -3.10. The molecule has 166 valence electrons. The van der Waals surface area contributed by atoms with E-state index in [1.807, 2.05) is 47.8 Å². The van der Waals surface area contributed by atoms with Crippen LogP contribution < -0.4 is 19.5 Å². The summed E-state index contributed by atoms with van der Waals surface area (Å²) in [4.78, 5) is 13.1. The van der Waals surface area contributed by atoms with Crippen LogP contribution in [-0.2, 0) is 12.3 Å². The highest BCUT2D eigenvalue weighted by Crippen LogP contribution is 2.38. The standard InChI is InChI=1S/C24H23NO5S2/c1-27-19-11-15(12-20(28-2)23(19)29-3)13-25-24(26)22-17(14-32-21-9-6-10-31-21)16-7-4-5-8-18(16)30-22/h4-12H,13-14H2,1-3H3,(H,25,26). The summed E-state index contributed by atoms with van der Waals surface area (Å²) in [6, 6.07) is 15.4. The molecule has 0 aliphatic rings. The minimum absolute atomic E-state index is 0.267. The van der Waals surface area contributed by atoms with Gasteiger partial charge in [-0.3, -0.25) is 4.79 Å². The van der Waals surface area contributed by atoms with Crippen LogP contribution in [0.5, 0.6) is 17.2 Å². The molecule has 0 fully saturated rings. The molecule has 2 aromatic carbocycles. The minimum atomic E-state index is -0.267. The second-order valence-electron chi connectivity index (χ2n) is 6.84. The Kier molecular flexibility index (Phi) is 6.92. The largest absolute Gasteiger partial charge is 0.493 e. The number of thiophene rings is 1. The molecule has 1 N–H and O–H groups in total. The molecule has 0 spiro atoms. The third-order valence-electron chi connectivity index (χ3n) is 4.94. The second kappa shape index (κ2) is 10.0. The van der Waals surface area contributed by atoms with Crippen LogP contribution in [0.3, 0.4) is 0 Å². The van der Waals surface area contributed by atoms with E-state index in [9.17, 15) is 4.79 Å². The zero-order valence-corrected chi connectivity index (χ0v) is 19.6. The summed E-state index contributed by atoms with van der Waals surface area (Å²) < 4.78 is 23.3. The number of carbonyl (C=O) groups excluding carboxylic acids is 1. The van der Waals surface area contributed by atoms with Crippen molar-refractivity contribution in [2.75, 3.05) is 21.3 Å². The fourth-order valence-corrected chi connectivity index (χ4v) is 5.23. The molecular formula is C24H23NO5S2. The lowest BCUT2D eigenvalue weighted by Crippen LogP contribution is -2.23. The van der Waals surface area contributed by atoms with E-state index >= 15 is 0 Å². The summed E-state index contributed by atoms with van der Waals surface area (Å²) in [7, 11) is 4.68. The Morgan fingerprint density at radius 2 is 1.78 bits per heavy atom. The van der Waals surface area contributed by atoms with Gasteiger partial charge in [0.15, 0.2) is 17.3 Å². The lowest BCUT2D eigenvalue weighted by molar-refractivity contribution is 0.0924. The van der Waals surface area contributed by atoms with Crippen molar-refractivity contribution in [1.82, 2.24) is 5.32 Å². The predicted molar refractivity (Wildman–Crippen MR) is 127 cm³/mol. The van der Waals surface area contributed by atoms with Gasteiger partial charge in [-0.15, -0.1) is 23.1 Å². The fraction of sp³-hybridized carbons (Fsp3) is 0.208. The second-order valence-corrected chi connectivity index (χ2v) is 9.07. The van der Waals surface area contributed by atoms with E-state index in [1.165, 1.54) is 4.21 Å². The number of furan rings is 1. The van der Waals surface area contributed by atoms with Crippen LogP contribution in [0.15, 0.2) is 62.5 Å². The van der Waals surface area contributed by atoms with E-state index in [4.69, 9.17) is 18.6 Å². The number of para-hydroxylation sites is 1. The molecule has 0 bridgehead atoms. The summed E-state index contributed by atoms with van der Waals surface area (Å²) in [6.07, 6.45) is 0. The van der Waals surface area contributed by atoms with Gasteiger partial charge >= 0.3 is 0 Å². The number of thioether (sulfide) groups is 1. The van der Waals surface area contributed by atoms with Gasteiger partial charge in [0.25, 0.3) is 5.91 Å². The molecule has 2 aromatic heterocycles. The summed E-state index contributed by atoms with van der Waals surface area (Å²) in [5, 5.41) is 5.95. The molecule has 0 unspecified atom stereocenters. The van der Waals surface area contributed by atoms with E-state index in [-0.39, 0.29) is 12.5 Å². The summed E-state index contributed by atoms with van der Waals surface area (Å²) in [5.74, 6) is 2.29. The summed E-state index contributed by atoms with van der Waals surface area (Å²) in [5.41, 5.74) is 2.41. The third-order valence-corrected chi connectivity index (χ3v) is 7.09. The molecule has 1 amide bonds. The van der Waals surface area contributed by atoms with Gasteiger partial charge in [0, 0.05) is 23.2 Å². The number of rotatable bonds is 9.